The fourth-order valence-electron chi connectivity index (χ4n) is 9.73. The molecule has 3 amide bonds. The van der Waals surface area contributed by atoms with Gasteiger partial charge in [-0.05, 0) is 95.3 Å². The smallest absolute Gasteiger partial charge is 0.325 e. The van der Waals surface area contributed by atoms with Crippen LogP contribution in [0.5, 0.6) is 0 Å². The van der Waals surface area contributed by atoms with E-state index >= 15 is 0 Å². The minimum Gasteiger partial charge on any atom is -0.466 e. The summed E-state index contributed by atoms with van der Waals surface area (Å²) in [5.41, 5.74) is 0. The van der Waals surface area contributed by atoms with Gasteiger partial charge in [0.2, 0.25) is 27.7 Å². The Morgan fingerprint density at radius 2 is 0.845 bits per heavy atom. The Morgan fingerprint density at radius 1 is 0.451 bits per heavy atom. The minimum absolute atomic E-state index is 0.0143. The molecule has 12 nitrogen and oxygen atoms in total. The number of esters is 2. The molecular weight excluding hydrogens is 915 g/mol. The van der Waals surface area contributed by atoms with Crippen LogP contribution in [0.15, 0.2) is 0 Å². The van der Waals surface area contributed by atoms with Gasteiger partial charge in [0.1, 0.15) is 6.54 Å². The van der Waals surface area contributed by atoms with Gasteiger partial charge in [-0.25, -0.2) is 8.42 Å². The quantitative estimate of drug-likeness (QED) is 0.0463. The summed E-state index contributed by atoms with van der Waals surface area (Å²) in [6.45, 7) is 12.3. The molecule has 0 saturated carbocycles. The van der Waals surface area contributed by atoms with Crippen molar-refractivity contribution in [3.8, 4) is 0 Å². The number of ether oxygens (including phenoxy) is 2. The maximum absolute atomic E-state index is 13.7. The molecule has 0 rings (SSSR count). The monoisotopic (exact) mass is 1030 g/mol. The van der Waals surface area contributed by atoms with Crippen LogP contribution in [0, 0.1) is 11.8 Å². The van der Waals surface area contributed by atoms with Gasteiger partial charge in [0.25, 0.3) is 0 Å². The Morgan fingerprint density at radius 3 is 1.28 bits per heavy atom. The second-order valence-corrected chi connectivity index (χ2v) is 22.8. The van der Waals surface area contributed by atoms with E-state index in [1.807, 2.05) is 9.62 Å². The van der Waals surface area contributed by atoms with Crippen LogP contribution in [-0.2, 0) is 43.5 Å². The van der Waals surface area contributed by atoms with Crippen LogP contribution >= 0.6 is 0 Å². The van der Waals surface area contributed by atoms with E-state index in [9.17, 15) is 32.4 Å². The van der Waals surface area contributed by atoms with Crippen LogP contribution < -0.4 is 4.72 Å². The largest absolute Gasteiger partial charge is 0.466 e. The number of hydrogen-bond acceptors (Lipinski definition) is 9. The zero-order valence-electron chi connectivity index (χ0n) is 47.1. The lowest BCUT2D eigenvalue weighted by molar-refractivity contribution is -0.149. The minimum atomic E-state index is -3.62. The molecule has 13 heteroatoms. The topological polar surface area (TPSA) is 156 Å². The Labute approximate surface area is 436 Å². The standard InChI is InChI=1S/C58H111N3O9S/c1-8-13-17-21-27-37-51(38-28-22-18-14-9-2)48-56(64)60(6)50-58(66)70-47-36-26-32-42-53(61(45-12-5)55(63)44-34-33-43-54(62)59-71(7,67)68)41-31-25-35-46-69-57(65)49-52(39-29-23-19-15-10-3)40-30-24-20-16-11-4/h51-53H,8-50H2,1-7H3,(H,59,62). The van der Waals surface area contributed by atoms with Crippen LogP contribution in [0.3, 0.4) is 0 Å². The van der Waals surface area contributed by atoms with E-state index in [0.717, 1.165) is 96.1 Å². The Hall–Kier alpha value is -2.70. The van der Waals surface area contributed by atoms with Crippen LogP contribution in [-0.4, -0.2) is 93.5 Å². The summed E-state index contributed by atoms with van der Waals surface area (Å²) in [5, 5.41) is 0. The fourth-order valence-corrected chi connectivity index (χ4v) is 10.2. The first kappa shape index (κ1) is 68.3. The molecule has 0 aliphatic carbocycles. The lowest BCUT2D eigenvalue weighted by Gasteiger charge is -2.32. The van der Waals surface area contributed by atoms with Crippen LogP contribution in [0.25, 0.3) is 0 Å². The molecule has 1 atom stereocenters. The van der Waals surface area contributed by atoms with Crippen LogP contribution in [0.1, 0.15) is 285 Å². The highest BCUT2D eigenvalue weighted by Gasteiger charge is 2.24. The third-order valence-corrected chi connectivity index (χ3v) is 14.6. The number of nitrogens with one attached hydrogen (secondary N) is 1. The molecule has 418 valence electrons. The van der Waals surface area contributed by atoms with Gasteiger partial charge in [-0.3, -0.25) is 28.7 Å². The highest BCUT2D eigenvalue weighted by atomic mass is 32.2. The van der Waals surface area contributed by atoms with E-state index in [1.54, 1.807) is 7.05 Å². The molecule has 1 N–H and O–H groups in total. The number of carbonyl (C=O) groups is 5. The van der Waals surface area contributed by atoms with Crippen LogP contribution in [0.4, 0.5) is 0 Å². The normalized spacial score (nSPS) is 12.1. The summed E-state index contributed by atoms with van der Waals surface area (Å²) >= 11 is 0. The van der Waals surface area contributed by atoms with Crippen molar-refractivity contribution in [1.29, 1.82) is 0 Å². The van der Waals surface area contributed by atoms with E-state index in [-0.39, 0.29) is 55.8 Å². The van der Waals surface area contributed by atoms with Gasteiger partial charge in [0.15, 0.2) is 0 Å². The first-order valence-corrected chi connectivity index (χ1v) is 31.4. The predicted octanol–water partition coefficient (Wildman–Crippen LogP) is 14.3. The van der Waals surface area contributed by atoms with E-state index in [4.69, 9.17) is 9.47 Å². The van der Waals surface area contributed by atoms with Crippen molar-refractivity contribution in [3.63, 3.8) is 0 Å². The SMILES string of the molecule is CCCCCCCC(CCCCCCC)CC(=O)OCCCCCC(CCCCCOC(=O)CN(C)C(=O)CC(CCCCCCC)CCCCCCC)N(CCC)C(=O)CCCCC(=O)NS(C)(=O)=O. The first-order chi connectivity index (χ1) is 34.2. The molecule has 1 unspecified atom stereocenters. The number of hydrogen-bond donors (Lipinski definition) is 1. The van der Waals surface area contributed by atoms with Crippen molar-refractivity contribution < 1.29 is 41.9 Å². The second-order valence-electron chi connectivity index (χ2n) is 21.1. The lowest BCUT2D eigenvalue weighted by atomic mass is 9.91. The van der Waals surface area contributed by atoms with Gasteiger partial charge in [-0.15, -0.1) is 0 Å². The third kappa shape index (κ3) is 42.4. The molecule has 0 spiro atoms. The number of nitrogens with zero attached hydrogens (tertiary/aromatic N) is 2. The average molecular weight is 1030 g/mol. The number of amides is 3. The molecule has 71 heavy (non-hydrogen) atoms. The lowest BCUT2D eigenvalue weighted by Crippen LogP contribution is -2.41. The molecule has 0 aromatic rings. The molecule has 0 bridgehead atoms. The van der Waals surface area contributed by atoms with E-state index in [0.29, 0.717) is 57.1 Å². The summed E-state index contributed by atoms with van der Waals surface area (Å²) in [4.78, 5) is 68.4. The predicted molar refractivity (Wildman–Crippen MR) is 293 cm³/mol. The average Bonchev–Trinajstić information content (AvgIpc) is 3.32. The highest BCUT2D eigenvalue weighted by molar-refractivity contribution is 7.89. The van der Waals surface area contributed by atoms with Gasteiger partial charge in [-0.2, -0.15) is 0 Å². The Bertz CT molecular complexity index is 1420. The molecule has 0 aliphatic heterocycles. The molecule has 0 aromatic carbocycles. The van der Waals surface area contributed by atoms with Crippen molar-refractivity contribution in [3.05, 3.63) is 0 Å². The van der Waals surface area contributed by atoms with Crippen LogP contribution in [0.2, 0.25) is 0 Å². The number of likely N-dealkylation sites (N-methyl/N-ethyl adjacent to an activating group) is 1. The summed E-state index contributed by atoms with van der Waals surface area (Å²) in [6, 6.07) is 0.0210. The summed E-state index contributed by atoms with van der Waals surface area (Å²) in [7, 11) is -1.92. The maximum Gasteiger partial charge on any atom is 0.325 e. The third-order valence-electron chi connectivity index (χ3n) is 14.0. The van der Waals surface area contributed by atoms with Crippen molar-refractivity contribution in [2.24, 2.45) is 11.8 Å². The van der Waals surface area contributed by atoms with E-state index in [2.05, 4.69) is 34.6 Å². The van der Waals surface area contributed by atoms with Gasteiger partial charge in [0.05, 0.1) is 19.5 Å². The zero-order valence-corrected chi connectivity index (χ0v) is 47.9. The molecule has 0 fully saturated rings. The van der Waals surface area contributed by atoms with E-state index in [1.165, 1.54) is 120 Å². The van der Waals surface area contributed by atoms with Gasteiger partial charge in [0, 0.05) is 45.3 Å². The molecule has 0 aromatic heterocycles. The van der Waals surface area contributed by atoms with Gasteiger partial charge >= 0.3 is 11.9 Å². The fraction of sp³-hybridized carbons (Fsp3) is 0.914. The highest BCUT2D eigenvalue weighted by Crippen LogP contribution is 2.25. The van der Waals surface area contributed by atoms with Crippen molar-refractivity contribution >= 4 is 39.7 Å². The van der Waals surface area contributed by atoms with Crippen molar-refractivity contribution in [2.45, 2.75) is 291 Å². The summed E-state index contributed by atoms with van der Waals surface area (Å²) < 4.78 is 36.3. The Balaban J connectivity index is 5.28. The van der Waals surface area contributed by atoms with E-state index < -0.39 is 15.9 Å². The van der Waals surface area contributed by atoms with Crippen molar-refractivity contribution in [2.75, 3.05) is 39.6 Å². The number of carbonyl (C=O) groups excluding carboxylic acids is 5. The number of rotatable bonds is 51. The van der Waals surface area contributed by atoms with Gasteiger partial charge < -0.3 is 19.3 Å². The molecular formula is C58H111N3O9S. The molecule has 0 aliphatic rings. The summed E-state index contributed by atoms with van der Waals surface area (Å²) in [6.07, 6.45) is 39.4. The molecule has 0 heterocycles. The Kier molecular flexibility index (Phi) is 45.3. The summed E-state index contributed by atoms with van der Waals surface area (Å²) in [5.74, 6) is -0.219. The number of sulfonamides is 1. The van der Waals surface area contributed by atoms with Crippen molar-refractivity contribution in [1.82, 2.24) is 14.5 Å². The molecule has 0 radical (unpaired) electrons. The maximum atomic E-state index is 13.7. The first-order valence-electron chi connectivity index (χ1n) is 29.6. The number of unbranched alkanes of at least 4 members (excludes halogenated alkanes) is 21. The zero-order chi connectivity index (χ0) is 52.8. The second kappa shape index (κ2) is 47.0. The van der Waals surface area contributed by atoms with Gasteiger partial charge in [-0.1, -0.05) is 176 Å². The molecule has 0 saturated heterocycles.